The maximum atomic E-state index is 13.9. The minimum Gasteiger partial charge on any atom is -0.490 e. The average molecular weight is 444 g/mol. The lowest BCUT2D eigenvalue weighted by Gasteiger charge is -2.17. The van der Waals surface area contributed by atoms with E-state index in [1.807, 2.05) is 39.0 Å². The molecule has 1 unspecified atom stereocenters. The number of hydrogen-bond acceptors (Lipinski definition) is 5. The van der Waals surface area contributed by atoms with Crippen LogP contribution in [0, 0.1) is 11.6 Å². The Bertz CT molecular complexity index is 1070. The van der Waals surface area contributed by atoms with E-state index in [-0.39, 0.29) is 36.1 Å². The van der Waals surface area contributed by atoms with Crippen molar-refractivity contribution in [2.45, 2.75) is 39.7 Å². The van der Waals surface area contributed by atoms with Crippen LogP contribution in [0.5, 0.6) is 11.5 Å². The van der Waals surface area contributed by atoms with Crippen LogP contribution in [0.3, 0.4) is 0 Å². The van der Waals surface area contributed by atoms with Gasteiger partial charge in [-0.2, -0.15) is 0 Å². The molecule has 0 saturated carbocycles. The normalized spacial score (nSPS) is 11.8. The summed E-state index contributed by atoms with van der Waals surface area (Å²) in [5, 5.41) is 2.93. The maximum absolute atomic E-state index is 13.9. The van der Waals surface area contributed by atoms with Gasteiger partial charge in [0.25, 0.3) is 0 Å². The van der Waals surface area contributed by atoms with Crippen molar-refractivity contribution in [1.82, 2.24) is 10.3 Å². The summed E-state index contributed by atoms with van der Waals surface area (Å²) in [5.41, 5.74) is 0.999. The predicted octanol–water partition coefficient (Wildman–Crippen LogP) is 5.23. The van der Waals surface area contributed by atoms with E-state index in [1.165, 1.54) is 12.3 Å². The monoisotopic (exact) mass is 444 g/mol. The third-order valence-electron chi connectivity index (χ3n) is 4.76. The lowest BCUT2D eigenvalue weighted by Crippen LogP contribution is -2.26. The second kappa shape index (κ2) is 10.7. The van der Waals surface area contributed by atoms with Crippen molar-refractivity contribution in [3.8, 4) is 22.8 Å². The number of oxazole rings is 1. The molecule has 1 amide bonds. The molecule has 0 bridgehead atoms. The number of aromatic nitrogens is 1. The molecule has 3 rings (SSSR count). The molecule has 0 aliphatic heterocycles. The van der Waals surface area contributed by atoms with Gasteiger partial charge in [0.1, 0.15) is 11.6 Å². The smallest absolute Gasteiger partial charge is 0.220 e. The first-order valence-corrected chi connectivity index (χ1v) is 10.5. The van der Waals surface area contributed by atoms with E-state index in [0.717, 1.165) is 17.7 Å². The number of nitrogens with zero attached hydrogens (tertiary/aromatic N) is 1. The lowest BCUT2D eigenvalue weighted by molar-refractivity contribution is -0.121. The zero-order valence-electron chi connectivity index (χ0n) is 18.3. The Hall–Kier alpha value is -3.42. The maximum Gasteiger partial charge on any atom is 0.220 e. The van der Waals surface area contributed by atoms with Gasteiger partial charge in [-0.05, 0) is 50.6 Å². The lowest BCUT2D eigenvalue weighted by atomic mass is 10.1. The predicted molar refractivity (Wildman–Crippen MR) is 116 cm³/mol. The zero-order valence-corrected chi connectivity index (χ0v) is 18.3. The number of hydrogen-bond donors (Lipinski definition) is 1. The number of nitrogens with one attached hydrogen (secondary N) is 1. The highest BCUT2D eigenvalue weighted by Crippen LogP contribution is 2.31. The van der Waals surface area contributed by atoms with Crippen LogP contribution >= 0.6 is 0 Å². The molecule has 2 aromatic carbocycles. The number of halogens is 2. The zero-order chi connectivity index (χ0) is 23.1. The molecule has 3 aromatic rings. The van der Waals surface area contributed by atoms with Crippen LogP contribution in [0.1, 0.15) is 44.7 Å². The highest BCUT2D eigenvalue weighted by molar-refractivity contribution is 5.76. The second-order valence-corrected chi connectivity index (χ2v) is 7.10. The van der Waals surface area contributed by atoms with Crippen LogP contribution in [0.2, 0.25) is 0 Å². The van der Waals surface area contributed by atoms with Crippen molar-refractivity contribution in [2.24, 2.45) is 0 Å². The SMILES string of the molecule is CCOc1ccc(C(C)NC(=O)CCc2ncc(-c3ccc(F)cc3F)o2)cc1OCC. The third-order valence-corrected chi connectivity index (χ3v) is 4.76. The molecule has 1 atom stereocenters. The Kier molecular flexibility index (Phi) is 7.81. The van der Waals surface area contributed by atoms with Gasteiger partial charge >= 0.3 is 0 Å². The molecule has 0 aliphatic carbocycles. The molecule has 1 aromatic heterocycles. The van der Waals surface area contributed by atoms with E-state index in [4.69, 9.17) is 13.9 Å². The van der Waals surface area contributed by atoms with Crippen molar-refractivity contribution in [2.75, 3.05) is 13.2 Å². The minimum absolute atomic E-state index is 0.115. The van der Waals surface area contributed by atoms with Gasteiger partial charge < -0.3 is 19.2 Å². The molecule has 6 nitrogen and oxygen atoms in total. The van der Waals surface area contributed by atoms with Crippen molar-refractivity contribution in [3.05, 3.63) is 65.7 Å². The number of benzene rings is 2. The molecule has 0 radical (unpaired) electrons. The largest absolute Gasteiger partial charge is 0.490 e. The molecule has 0 spiro atoms. The molecule has 0 saturated heterocycles. The fraction of sp³-hybridized carbons (Fsp3) is 0.333. The quantitative estimate of drug-likeness (QED) is 0.464. The minimum atomic E-state index is -0.735. The summed E-state index contributed by atoms with van der Waals surface area (Å²) >= 11 is 0. The van der Waals surface area contributed by atoms with Crippen LogP contribution in [-0.4, -0.2) is 24.1 Å². The van der Waals surface area contributed by atoms with E-state index in [2.05, 4.69) is 10.3 Å². The van der Waals surface area contributed by atoms with Crippen molar-refractivity contribution in [1.29, 1.82) is 0 Å². The van der Waals surface area contributed by atoms with Crippen LogP contribution in [-0.2, 0) is 11.2 Å². The van der Waals surface area contributed by atoms with E-state index in [9.17, 15) is 13.6 Å². The second-order valence-electron chi connectivity index (χ2n) is 7.10. The first-order chi connectivity index (χ1) is 15.4. The highest BCUT2D eigenvalue weighted by atomic mass is 19.1. The number of amides is 1. The highest BCUT2D eigenvalue weighted by Gasteiger charge is 2.16. The molecule has 8 heteroatoms. The van der Waals surface area contributed by atoms with Crippen molar-refractivity contribution in [3.63, 3.8) is 0 Å². The summed E-state index contributed by atoms with van der Waals surface area (Å²) in [4.78, 5) is 16.5. The first kappa shape index (κ1) is 23.2. The van der Waals surface area contributed by atoms with Gasteiger partial charge in [-0.3, -0.25) is 4.79 Å². The van der Waals surface area contributed by atoms with E-state index >= 15 is 0 Å². The van der Waals surface area contributed by atoms with Gasteiger partial charge in [0.05, 0.1) is 31.0 Å². The Balaban J connectivity index is 1.58. The number of ether oxygens (including phenoxy) is 2. The van der Waals surface area contributed by atoms with Crippen LogP contribution < -0.4 is 14.8 Å². The molecule has 0 fully saturated rings. The standard InChI is InChI=1S/C24H26F2N2O4/c1-4-30-20-9-6-16(12-21(20)31-5-2)15(3)28-23(29)10-11-24-27-14-22(32-24)18-8-7-17(25)13-19(18)26/h6-9,12-15H,4-5,10-11H2,1-3H3,(H,28,29). The Morgan fingerprint density at radius 1 is 1.09 bits per heavy atom. The first-order valence-electron chi connectivity index (χ1n) is 10.5. The summed E-state index contributed by atoms with van der Waals surface area (Å²) in [6.45, 7) is 6.71. The topological polar surface area (TPSA) is 73.6 Å². The molecule has 1 N–H and O–H groups in total. The van der Waals surface area contributed by atoms with Gasteiger partial charge in [0.15, 0.2) is 23.1 Å². The molecule has 1 heterocycles. The third kappa shape index (κ3) is 5.84. The van der Waals surface area contributed by atoms with Crippen molar-refractivity contribution < 1.29 is 27.5 Å². The van der Waals surface area contributed by atoms with Gasteiger partial charge in [-0.15, -0.1) is 0 Å². The van der Waals surface area contributed by atoms with Gasteiger partial charge in [-0.25, -0.2) is 13.8 Å². The molecule has 32 heavy (non-hydrogen) atoms. The molecular weight excluding hydrogens is 418 g/mol. The fourth-order valence-electron chi connectivity index (χ4n) is 3.19. The summed E-state index contributed by atoms with van der Waals surface area (Å²) in [7, 11) is 0. The van der Waals surface area contributed by atoms with Crippen molar-refractivity contribution >= 4 is 5.91 Å². The Labute approximate surface area is 185 Å². The number of rotatable bonds is 10. The summed E-state index contributed by atoms with van der Waals surface area (Å²) in [6.07, 6.45) is 1.75. The summed E-state index contributed by atoms with van der Waals surface area (Å²) < 4.78 is 43.7. The van der Waals surface area contributed by atoms with Gasteiger partial charge in [0, 0.05) is 18.9 Å². The summed E-state index contributed by atoms with van der Waals surface area (Å²) in [5.74, 6) is 0.188. The van der Waals surface area contributed by atoms with Crippen LogP contribution in [0.25, 0.3) is 11.3 Å². The Morgan fingerprint density at radius 3 is 2.56 bits per heavy atom. The Morgan fingerprint density at radius 2 is 1.84 bits per heavy atom. The van der Waals surface area contributed by atoms with E-state index in [1.54, 1.807) is 0 Å². The number of carbonyl (C=O) groups excluding carboxylic acids is 1. The fourth-order valence-corrected chi connectivity index (χ4v) is 3.19. The van der Waals surface area contributed by atoms with E-state index < -0.39 is 11.6 Å². The van der Waals surface area contributed by atoms with Gasteiger partial charge in [-0.1, -0.05) is 6.07 Å². The number of aryl methyl sites for hydroxylation is 1. The average Bonchev–Trinajstić information content (AvgIpc) is 3.22. The summed E-state index contributed by atoms with van der Waals surface area (Å²) in [6, 6.07) is 8.54. The van der Waals surface area contributed by atoms with E-state index in [0.29, 0.717) is 30.6 Å². The van der Waals surface area contributed by atoms with Crippen LogP contribution in [0.4, 0.5) is 8.78 Å². The molecule has 0 aliphatic rings. The van der Waals surface area contributed by atoms with Gasteiger partial charge in [0.2, 0.25) is 5.91 Å². The number of carbonyl (C=O) groups is 1. The van der Waals surface area contributed by atoms with Crippen LogP contribution in [0.15, 0.2) is 47.0 Å². The molecular formula is C24H26F2N2O4. The molecule has 170 valence electrons.